The third-order valence-electron chi connectivity index (χ3n) is 5.33. The number of aromatic nitrogens is 3. The molecule has 30 heavy (non-hydrogen) atoms. The number of halogens is 1. The molecule has 1 aliphatic rings. The van der Waals surface area contributed by atoms with Crippen molar-refractivity contribution >= 4 is 5.91 Å². The minimum atomic E-state index is -0.319. The molecule has 4 aromatic rings. The van der Waals surface area contributed by atoms with E-state index in [0.29, 0.717) is 25.1 Å². The van der Waals surface area contributed by atoms with E-state index in [4.69, 9.17) is 4.52 Å². The molecule has 1 N–H and O–H groups in total. The van der Waals surface area contributed by atoms with Crippen molar-refractivity contribution in [3.63, 3.8) is 0 Å². The molecule has 0 saturated heterocycles. The lowest BCUT2D eigenvalue weighted by atomic mass is 9.95. The fourth-order valence-corrected chi connectivity index (χ4v) is 4.09. The van der Waals surface area contributed by atoms with E-state index < -0.39 is 0 Å². The van der Waals surface area contributed by atoms with Crippen LogP contribution in [0.15, 0.2) is 59.4 Å². The zero-order valence-corrected chi connectivity index (χ0v) is 16.4. The van der Waals surface area contributed by atoms with Crippen LogP contribution >= 0.6 is 0 Å². The van der Waals surface area contributed by atoms with Gasteiger partial charge in [0.05, 0.1) is 17.8 Å². The molecule has 0 spiro atoms. The summed E-state index contributed by atoms with van der Waals surface area (Å²) in [5, 5.41) is 7.10. The van der Waals surface area contributed by atoms with Gasteiger partial charge in [0.15, 0.2) is 0 Å². The van der Waals surface area contributed by atoms with Crippen LogP contribution in [0.1, 0.15) is 27.5 Å². The van der Waals surface area contributed by atoms with E-state index in [1.165, 1.54) is 12.1 Å². The largest absolute Gasteiger partial charge is 0.361 e. The first kappa shape index (κ1) is 18.3. The van der Waals surface area contributed by atoms with Gasteiger partial charge in [-0.3, -0.25) is 9.78 Å². The number of carbonyl (C=O) groups excluding carboxylic acids is 1. The predicted molar refractivity (Wildman–Crippen MR) is 109 cm³/mol. The quantitative estimate of drug-likeness (QED) is 0.560. The van der Waals surface area contributed by atoms with Gasteiger partial charge in [-0.25, -0.2) is 4.39 Å². The molecule has 5 rings (SSSR count). The Balaban J connectivity index is 1.82. The zero-order valence-electron chi connectivity index (χ0n) is 16.4. The monoisotopic (exact) mass is 402 g/mol. The lowest BCUT2D eigenvalue weighted by Gasteiger charge is -2.17. The normalized spacial score (nSPS) is 13.2. The van der Waals surface area contributed by atoms with Crippen LogP contribution in [0, 0.1) is 12.7 Å². The number of nitrogens with zero attached hydrogens (tertiary/aromatic N) is 3. The SMILES string of the molecule is Cc1cc(Cn2c3c(c(-c4ccc(F)cc4)c2-c2ccncc2)C(=O)NCC3)no1. The van der Waals surface area contributed by atoms with Crippen molar-refractivity contribution in [1.29, 1.82) is 0 Å². The molecule has 0 unspecified atom stereocenters. The fourth-order valence-electron chi connectivity index (χ4n) is 4.09. The van der Waals surface area contributed by atoms with Crippen LogP contribution in [-0.2, 0) is 13.0 Å². The summed E-state index contributed by atoms with van der Waals surface area (Å²) in [5.41, 5.74) is 5.71. The number of aryl methyl sites for hydroxylation is 1. The molecule has 1 aliphatic heterocycles. The molecule has 0 atom stereocenters. The van der Waals surface area contributed by atoms with Crippen molar-refractivity contribution in [1.82, 2.24) is 20.0 Å². The van der Waals surface area contributed by atoms with E-state index in [1.807, 2.05) is 25.1 Å². The number of hydrogen-bond acceptors (Lipinski definition) is 4. The second kappa shape index (κ2) is 7.26. The molecule has 1 aromatic carbocycles. The minimum Gasteiger partial charge on any atom is -0.361 e. The highest BCUT2D eigenvalue weighted by atomic mass is 19.1. The summed E-state index contributed by atoms with van der Waals surface area (Å²) in [6, 6.07) is 12.0. The molecular formula is C23H19FN4O2. The van der Waals surface area contributed by atoms with Crippen LogP contribution in [0.3, 0.4) is 0 Å². The third-order valence-corrected chi connectivity index (χ3v) is 5.33. The minimum absolute atomic E-state index is 0.124. The summed E-state index contributed by atoms with van der Waals surface area (Å²) in [7, 11) is 0. The number of amides is 1. The predicted octanol–water partition coefficient (Wildman–Crippen LogP) is 3.99. The van der Waals surface area contributed by atoms with Crippen LogP contribution in [0.4, 0.5) is 4.39 Å². The molecule has 4 heterocycles. The Morgan fingerprint density at radius 2 is 1.87 bits per heavy atom. The van der Waals surface area contributed by atoms with Crippen LogP contribution in [-0.4, -0.2) is 27.2 Å². The molecule has 0 radical (unpaired) electrons. The van der Waals surface area contributed by atoms with E-state index >= 15 is 0 Å². The summed E-state index contributed by atoms with van der Waals surface area (Å²) >= 11 is 0. The van der Waals surface area contributed by atoms with Gasteiger partial charge in [0.25, 0.3) is 5.91 Å². The highest BCUT2D eigenvalue weighted by molar-refractivity contribution is 6.07. The van der Waals surface area contributed by atoms with E-state index in [-0.39, 0.29) is 11.7 Å². The summed E-state index contributed by atoms with van der Waals surface area (Å²) in [4.78, 5) is 17.1. The topological polar surface area (TPSA) is 73.0 Å². The van der Waals surface area contributed by atoms with Crippen molar-refractivity contribution in [3.05, 3.63) is 83.4 Å². The molecule has 6 nitrogen and oxygen atoms in total. The van der Waals surface area contributed by atoms with Gasteiger partial charge in [-0.05, 0) is 36.8 Å². The lowest BCUT2D eigenvalue weighted by molar-refractivity contribution is 0.0946. The number of hydrogen-bond donors (Lipinski definition) is 1. The Bertz CT molecular complexity index is 1230. The summed E-state index contributed by atoms with van der Waals surface area (Å²) in [6.45, 7) is 2.88. The summed E-state index contributed by atoms with van der Waals surface area (Å²) in [6.07, 6.45) is 4.14. The van der Waals surface area contributed by atoms with Crippen molar-refractivity contribution in [3.8, 4) is 22.4 Å². The van der Waals surface area contributed by atoms with Gasteiger partial charge in [-0.15, -0.1) is 0 Å². The van der Waals surface area contributed by atoms with Gasteiger partial charge < -0.3 is 14.4 Å². The van der Waals surface area contributed by atoms with Gasteiger partial charge in [0.1, 0.15) is 17.3 Å². The number of nitrogens with one attached hydrogen (secondary N) is 1. The first-order chi connectivity index (χ1) is 14.6. The van der Waals surface area contributed by atoms with E-state index in [2.05, 4.69) is 20.0 Å². The molecule has 7 heteroatoms. The average Bonchev–Trinajstić information content (AvgIpc) is 3.31. The number of fused-ring (bicyclic) bond motifs is 1. The van der Waals surface area contributed by atoms with Gasteiger partial charge in [0.2, 0.25) is 0 Å². The zero-order chi connectivity index (χ0) is 20.7. The Morgan fingerprint density at radius 3 is 2.57 bits per heavy atom. The molecule has 0 saturated carbocycles. The first-order valence-corrected chi connectivity index (χ1v) is 9.74. The van der Waals surface area contributed by atoms with Crippen molar-refractivity contribution in [2.45, 2.75) is 19.9 Å². The number of benzene rings is 1. The van der Waals surface area contributed by atoms with E-state index in [0.717, 1.165) is 39.5 Å². The maximum Gasteiger partial charge on any atom is 0.253 e. The van der Waals surface area contributed by atoms with Gasteiger partial charge in [-0.1, -0.05) is 17.3 Å². The molecule has 150 valence electrons. The van der Waals surface area contributed by atoms with Gasteiger partial charge in [-0.2, -0.15) is 0 Å². The van der Waals surface area contributed by atoms with Crippen LogP contribution in [0.25, 0.3) is 22.4 Å². The smallest absolute Gasteiger partial charge is 0.253 e. The third kappa shape index (κ3) is 3.08. The second-order valence-electron chi connectivity index (χ2n) is 7.31. The molecule has 0 aliphatic carbocycles. The maximum absolute atomic E-state index is 13.6. The lowest BCUT2D eigenvalue weighted by Crippen LogP contribution is -2.32. The van der Waals surface area contributed by atoms with Gasteiger partial charge >= 0.3 is 0 Å². The molecule has 0 bridgehead atoms. The highest BCUT2D eigenvalue weighted by Gasteiger charge is 2.31. The first-order valence-electron chi connectivity index (χ1n) is 9.74. The summed E-state index contributed by atoms with van der Waals surface area (Å²) in [5.74, 6) is 0.286. The Hall–Kier alpha value is -3.74. The van der Waals surface area contributed by atoms with Crippen LogP contribution in [0.5, 0.6) is 0 Å². The van der Waals surface area contributed by atoms with Crippen LogP contribution in [0.2, 0.25) is 0 Å². The fraction of sp³-hybridized carbons (Fsp3) is 0.174. The average molecular weight is 402 g/mol. The number of carbonyl (C=O) groups is 1. The Morgan fingerprint density at radius 1 is 1.10 bits per heavy atom. The molecular weight excluding hydrogens is 383 g/mol. The highest BCUT2D eigenvalue weighted by Crippen LogP contribution is 2.41. The standard InChI is InChI=1S/C23H19FN4O2/c1-14-12-18(27-30-14)13-28-19-8-11-26-23(29)21(19)20(15-2-4-17(24)5-3-15)22(28)16-6-9-25-10-7-16/h2-7,9-10,12H,8,11,13H2,1H3,(H,26,29). The van der Waals surface area contributed by atoms with Crippen molar-refractivity contribution in [2.75, 3.05) is 6.54 Å². The number of pyridine rings is 1. The van der Waals surface area contributed by atoms with Crippen molar-refractivity contribution < 1.29 is 13.7 Å². The second-order valence-corrected chi connectivity index (χ2v) is 7.31. The maximum atomic E-state index is 13.6. The van der Waals surface area contributed by atoms with Crippen LogP contribution < -0.4 is 5.32 Å². The Labute approximate surface area is 172 Å². The molecule has 1 amide bonds. The number of rotatable bonds is 4. The summed E-state index contributed by atoms with van der Waals surface area (Å²) < 4.78 is 21.0. The van der Waals surface area contributed by atoms with E-state index in [9.17, 15) is 9.18 Å². The van der Waals surface area contributed by atoms with Crippen molar-refractivity contribution in [2.24, 2.45) is 0 Å². The Kier molecular flexibility index (Phi) is 4.43. The van der Waals surface area contributed by atoms with E-state index in [1.54, 1.807) is 24.5 Å². The van der Waals surface area contributed by atoms with Gasteiger partial charge in [0, 0.05) is 48.2 Å². The molecule has 3 aromatic heterocycles. The molecule has 0 fully saturated rings.